The second kappa shape index (κ2) is 6.63. The Hall–Kier alpha value is -1.32. The molecule has 1 aromatic rings. The average molecular weight is 288 g/mol. The maximum atomic E-state index is 4.67. The minimum atomic E-state index is 0.710. The molecule has 1 saturated heterocycles. The number of nitrogens with zero attached hydrogens (tertiary/aromatic N) is 3. The van der Waals surface area contributed by atoms with Gasteiger partial charge >= 0.3 is 0 Å². The van der Waals surface area contributed by atoms with Crippen LogP contribution >= 0.6 is 0 Å². The molecule has 4 heteroatoms. The van der Waals surface area contributed by atoms with Crippen LogP contribution in [0.5, 0.6) is 0 Å². The fourth-order valence-electron chi connectivity index (χ4n) is 4.18. The van der Waals surface area contributed by atoms with Gasteiger partial charge in [0.2, 0.25) is 0 Å². The summed E-state index contributed by atoms with van der Waals surface area (Å²) in [6.07, 6.45) is 11.0. The molecule has 2 fully saturated rings. The molecule has 2 aliphatic rings. The van der Waals surface area contributed by atoms with E-state index in [-0.39, 0.29) is 0 Å². The van der Waals surface area contributed by atoms with Gasteiger partial charge in [0.25, 0.3) is 0 Å². The third-order valence-electron chi connectivity index (χ3n) is 5.14. The number of anilines is 2. The lowest BCUT2D eigenvalue weighted by Gasteiger charge is -2.32. The summed E-state index contributed by atoms with van der Waals surface area (Å²) >= 11 is 0. The van der Waals surface area contributed by atoms with E-state index in [1.807, 2.05) is 0 Å². The van der Waals surface area contributed by atoms with E-state index in [1.165, 1.54) is 49.9 Å². The Balaban J connectivity index is 1.89. The number of hydrogen-bond donors (Lipinski definition) is 1. The summed E-state index contributed by atoms with van der Waals surface area (Å²) in [4.78, 5) is 11.7. The monoisotopic (exact) mass is 288 g/mol. The normalized spacial score (nSPS) is 23.0. The lowest BCUT2D eigenvalue weighted by atomic mass is 9.96. The first-order valence-corrected chi connectivity index (χ1v) is 8.69. The zero-order valence-corrected chi connectivity index (χ0v) is 13.4. The number of hydrogen-bond acceptors (Lipinski definition) is 4. The molecule has 116 valence electrons. The topological polar surface area (TPSA) is 41.1 Å². The van der Waals surface area contributed by atoms with Crippen molar-refractivity contribution in [3.05, 3.63) is 11.9 Å². The first kappa shape index (κ1) is 14.6. The third-order valence-corrected chi connectivity index (χ3v) is 5.14. The molecule has 0 spiro atoms. The van der Waals surface area contributed by atoms with Crippen LogP contribution in [0.1, 0.15) is 57.9 Å². The van der Waals surface area contributed by atoms with Crippen molar-refractivity contribution in [3.63, 3.8) is 0 Å². The molecule has 0 bridgehead atoms. The fraction of sp³-hybridized carbons (Fsp3) is 0.765. The molecule has 1 unspecified atom stereocenters. The zero-order chi connectivity index (χ0) is 14.7. The Morgan fingerprint density at radius 1 is 1.14 bits per heavy atom. The number of rotatable bonds is 5. The van der Waals surface area contributed by atoms with Gasteiger partial charge in [-0.25, -0.2) is 9.97 Å². The number of nitrogens with one attached hydrogen (secondary N) is 1. The summed E-state index contributed by atoms with van der Waals surface area (Å²) < 4.78 is 0. The summed E-state index contributed by atoms with van der Waals surface area (Å²) in [5.41, 5.74) is 1.30. The van der Waals surface area contributed by atoms with Crippen molar-refractivity contribution >= 4 is 11.6 Å². The molecule has 1 aliphatic heterocycles. The quantitative estimate of drug-likeness (QED) is 0.898. The van der Waals surface area contributed by atoms with E-state index in [0.29, 0.717) is 6.04 Å². The van der Waals surface area contributed by atoms with Crippen molar-refractivity contribution in [1.82, 2.24) is 9.97 Å². The standard InChI is InChI=1S/C17H28N4/c1-3-14-16(18-4-2)19-12-20-17(14)21-11-7-10-15(21)13-8-5-6-9-13/h12-13,15H,3-11H2,1-2H3,(H,18,19,20). The van der Waals surface area contributed by atoms with Crippen molar-refractivity contribution in [3.8, 4) is 0 Å². The van der Waals surface area contributed by atoms with Crippen LogP contribution in [0, 0.1) is 5.92 Å². The van der Waals surface area contributed by atoms with Gasteiger partial charge in [-0.05, 0) is 44.9 Å². The molecule has 0 aromatic carbocycles. The lowest BCUT2D eigenvalue weighted by molar-refractivity contribution is 0.428. The van der Waals surface area contributed by atoms with Crippen molar-refractivity contribution < 1.29 is 0 Å². The lowest BCUT2D eigenvalue weighted by Crippen LogP contribution is -2.36. The Labute approximate surface area is 128 Å². The van der Waals surface area contributed by atoms with Gasteiger partial charge < -0.3 is 10.2 Å². The molecule has 1 aromatic heterocycles. The van der Waals surface area contributed by atoms with Gasteiger partial charge in [-0.15, -0.1) is 0 Å². The fourth-order valence-corrected chi connectivity index (χ4v) is 4.18. The summed E-state index contributed by atoms with van der Waals surface area (Å²) in [6, 6.07) is 0.710. The molecule has 21 heavy (non-hydrogen) atoms. The molecule has 0 amide bonds. The molecule has 1 aliphatic carbocycles. The minimum Gasteiger partial charge on any atom is -0.370 e. The van der Waals surface area contributed by atoms with E-state index in [1.54, 1.807) is 6.33 Å². The van der Waals surface area contributed by atoms with Crippen molar-refractivity contribution in [2.45, 2.75) is 64.8 Å². The summed E-state index contributed by atoms with van der Waals surface area (Å²) in [6.45, 7) is 6.41. The van der Waals surface area contributed by atoms with Gasteiger partial charge in [-0.2, -0.15) is 0 Å². The highest BCUT2D eigenvalue weighted by Gasteiger charge is 2.35. The van der Waals surface area contributed by atoms with Crippen LogP contribution in [0.25, 0.3) is 0 Å². The molecule has 1 atom stereocenters. The van der Waals surface area contributed by atoms with Crippen LogP contribution in [0.2, 0.25) is 0 Å². The van der Waals surface area contributed by atoms with Gasteiger partial charge in [0.1, 0.15) is 18.0 Å². The highest BCUT2D eigenvalue weighted by Crippen LogP contribution is 2.38. The SMILES string of the molecule is CCNc1ncnc(N2CCCC2C2CCCC2)c1CC. The van der Waals surface area contributed by atoms with Crippen LogP contribution in [0.3, 0.4) is 0 Å². The maximum Gasteiger partial charge on any atom is 0.137 e. The van der Waals surface area contributed by atoms with E-state index in [4.69, 9.17) is 0 Å². The second-order valence-corrected chi connectivity index (χ2v) is 6.36. The average Bonchev–Trinajstić information content (AvgIpc) is 3.18. The maximum absolute atomic E-state index is 4.67. The predicted molar refractivity (Wildman–Crippen MR) is 87.9 cm³/mol. The molecule has 4 nitrogen and oxygen atoms in total. The molecule has 1 saturated carbocycles. The van der Waals surface area contributed by atoms with E-state index in [2.05, 4.69) is 34.0 Å². The van der Waals surface area contributed by atoms with Gasteiger partial charge in [0.15, 0.2) is 0 Å². The van der Waals surface area contributed by atoms with Gasteiger partial charge in [-0.1, -0.05) is 19.8 Å². The Morgan fingerprint density at radius 2 is 1.95 bits per heavy atom. The largest absolute Gasteiger partial charge is 0.370 e. The molecule has 1 N–H and O–H groups in total. The number of aromatic nitrogens is 2. The van der Waals surface area contributed by atoms with Crippen LogP contribution in [0.15, 0.2) is 6.33 Å². The first-order valence-electron chi connectivity index (χ1n) is 8.69. The van der Waals surface area contributed by atoms with Crippen molar-refractivity contribution in [1.29, 1.82) is 0 Å². The Kier molecular flexibility index (Phi) is 4.61. The summed E-state index contributed by atoms with van der Waals surface area (Å²) in [5, 5.41) is 3.40. The second-order valence-electron chi connectivity index (χ2n) is 6.36. The van der Waals surface area contributed by atoms with Crippen LogP contribution < -0.4 is 10.2 Å². The molecular weight excluding hydrogens is 260 g/mol. The Bertz CT molecular complexity index is 468. The van der Waals surface area contributed by atoms with Gasteiger partial charge in [0, 0.05) is 24.7 Å². The van der Waals surface area contributed by atoms with Crippen molar-refractivity contribution in [2.24, 2.45) is 5.92 Å². The Morgan fingerprint density at radius 3 is 2.67 bits per heavy atom. The van der Waals surface area contributed by atoms with Crippen LogP contribution in [-0.4, -0.2) is 29.1 Å². The van der Waals surface area contributed by atoms with E-state index in [9.17, 15) is 0 Å². The van der Waals surface area contributed by atoms with E-state index in [0.717, 1.165) is 31.2 Å². The van der Waals surface area contributed by atoms with Crippen LogP contribution in [-0.2, 0) is 6.42 Å². The third kappa shape index (κ3) is 2.85. The smallest absolute Gasteiger partial charge is 0.137 e. The van der Waals surface area contributed by atoms with Gasteiger partial charge in [0.05, 0.1) is 0 Å². The van der Waals surface area contributed by atoms with E-state index >= 15 is 0 Å². The van der Waals surface area contributed by atoms with Gasteiger partial charge in [-0.3, -0.25) is 0 Å². The highest BCUT2D eigenvalue weighted by atomic mass is 15.2. The molecule has 3 rings (SSSR count). The van der Waals surface area contributed by atoms with Crippen molar-refractivity contribution in [2.75, 3.05) is 23.3 Å². The zero-order valence-electron chi connectivity index (χ0n) is 13.4. The summed E-state index contributed by atoms with van der Waals surface area (Å²) in [5.74, 6) is 3.11. The molecular formula is C17H28N4. The van der Waals surface area contributed by atoms with E-state index < -0.39 is 0 Å². The molecule has 2 heterocycles. The van der Waals surface area contributed by atoms with Crippen LogP contribution in [0.4, 0.5) is 11.6 Å². The minimum absolute atomic E-state index is 0.710. The first-order chi connectivity index (χ1) is 10.3. The highest BCUT2D eigenvalue weighted by molar-refractivity contribution is 5.59. The predicted octanol–water partition coefficient (Wildman–Crippen LogP) is 3.63. The summed E-state index contributed by atoms with van der Waals surface area (Å²) in [7, 11) is 0. The molecule has 0 radical (unpaired) electrons.